The molecule has 7 heteroatoms. The number of benzene rings is 2. The number of piperazine rings is 1. The molecule has 0 unspecified atom stereocenters. The highest BCUT2D eigenvalue weighted by Gasteiger charge is 2.36. The fraction of sp³-hybridized carbons (Fsp3) is 0.440. The van der Waals surface area contributed by atoms with Crippen molar-refractivity contribution in [2.75, 3.05) is 45.9 Å². The smallest absolute Gasteiger partial charge is 0.267 e. The zero-order chi connectivity index (χ0) is 22.5. The minimum Gasteiger partial charge on any atom is -0.485 e. The van der Waals surface area contributed by atoms with Crippen molar-refractivity contribution in [2.24, 2.45) is 0 Å². The SMILES string of the molecule is CCN(CC)C(=O)[C@H](c1ccccc1)N1CCN(C(=O)[C@@H]2COc3ccccc3O2)CC1. The predicted octanol–water partition coefficient (Wildman–Crippen LogP) is 2.58. The van der Waals surface area contributed by atoms with E-state index in [4.69, 9.17) is 9.47 Å². The first-order valence-electron chi connectivity index (χ1n) is 11.4. The molecule has 2 heterocycles. The van der Waals surface area contributed by atoms with Gasteiger partial charge in [-0.25, -0.2) is 0 Å². The van der Waals surface area contributed by atoms with Crippen LogP contribution < -0.4 is 9.47 Å². The van der Waals surface area contributed by atoms with Gasteiger partial charge in [0.05, 0.1) is 0 Å². The molecular weight excluding hydrogens is 406 g/mol. The number of fused-ring (bicyclic) bond motifs is 1. The summed E-state index contributed by atoms with van der Waals surface area (Å²) in [5, 5.41) is 0. The number of rotatable bonds is 6. The highest BCUT2D eigenvalue weighted by atomic mass is 16.6. The van der Waals surface area contributed by atoms with E-state index in [1.807, 2.05) is 78.2 Å². The molecular formula is C25H31N3O4. The van der Waals surface area contributed by atoms with Gasteiger partial charge in [0, 0.05) is 39.3 Å². The number of ether oxygens (including phenoxy) is 2. The van der Waals surface area contributed by atoms with Gasteiger partial charge in [0.1, 0.15) is 12.6 Å². The molecule has 1 saturated heterocycles. The van der Waals surface area contributed by atoms with Gasteiger partial charge < -0.3 is 19.3 Å². The van der Waals surface area contributed by atoms with Crippen LogP contribution >= 0.6 is 0 Å². The summed E-state index contributed by atoms with van der Waals surface area (Å²) in [6, 6.07) is 17.0. The standard InChI is InChI=1S/C25H31N3O4/c1-3-26(4-2)25(30)23(19-10-6-5-7-11-19)27-14-16-28(17-15-27)24(29)22-18-31-20-12-8-9-13-21(20)32-22/h5-13,22-23H,3-4,14-18H2,1-2H3/t22-,23-/m0/s1. The van der Waals surface area contributed by atoms with Crippen LogP contribution in [0.25, 0.3) is 0 Å². The maximum Gasteiger partial charge on any atom is 0.267 e. The molecule has 170 valence electrons. The van der Waals surface area contributed by atoms with Crippen LogP contribution in [-0.2, 0) is 9.59 Å². The minimum atomic E-state index is -0.640. The van der Waals surface area contributed by atoms with Crippen LogP contribution in [0, 0.1) is 0 Å². The molecule has 0 N–H and O–H groups in total. The van der Waals surface area contributed by atoms with Crippen LogP contribution in [0.15, 0.2) is 54.6 Å². The highest BCUT2D eigenvalue weighted by Crippen LogP contribution is 2.31. The predicted molar refractivity (Wildman–Crippen MR) is 122 cm³/mol. The average Bonchev–Trinajstić information content (AvgIpc) is 2.85. The molecule has 0 spiro atoms. The van der Waals surface area contributed by atoms with E-state index < -0.39 is 6.10 Å². The monoisotopic (exact) mass is 437 g/mol. The number of para-hydroxylation sites is 2. The lowest BCUT2D eigenvalue weighted by Gasteiger charge is -2.41. The molecule has 2 amide bonds. The molecule has 2 atom stereocenters. The Bertz CT molecular complexity index is 924. The Morgan fingerprint density at radius 2 is 1.56 bits per heavy atom. The minimum absolute atomic E-state index is 0.0644. The second kappa shape index (κ2) is 10.0. The molecule has 2 aromatic carbocycles. The van der Waals surface area contributed by atoms with Crippen molar-refractivity contribution in [3.63, 3.8) is 0 Å². The number of carbonyl (C=O) groups is 2. The Labute approximate surface area is 189 Å². The third kappa shape index (κ3) is 4.58. The van der Waals surface area contributed by atoms with Gasteiger partial charge in [-0.05, 0) is 31.5 Å². The molecule has 4 rings (SSSR count). The summed E-state index contributed by atoms with van der Waals surface area (Å²) in [6.45, 7) is 7.93. The van der Waals surface area contributed by atoms with Crippen LogP contribution in [-0.4, -0.2) is 78.5 Å². The van der Waals surface area contributed by atoms with Crippen LogP contribution in [0.3, 0.4) is 0 Å². The number of amides is 2. The van der Waals surface area contributed by atoms with Crippen molar-refractivity contribution in [1.29, 1.82) is 0 Å². The summed E-state index contributed by atoms with van der Waals surface area (Å²) in [4.78, 5) is 32.3. The number of hydrogen-bond acceptors (Lipinski definition) is 5. The van der Waals surface area contributed by atoms with E-state index in [1.165, 1.54) is 0 Å². The molecule has 0 aliphatic carbocycles. The zero-order valence-electron chi connectivity index (χ0n) is 18.8. The molecule has 2 aliphatic heterocycles. The van der Waals surface area contributed by atoms with Crippen LogP contribution in [0.4, 0.5) is 0 Å². The molecule has 0 radical (unpaired) electrons. The van der Waals surface area contributed by atoms with Gasteiger partial charge >= 0.3 is 0 Å². The summed E-state index contributed by atoms with van der Waals surface area (Å²) in [6.07, 6.45) is -0.640. The van der Waals surface area contributed by atoms with E-state index >= 15 is 0 Å². The Kier molecular flexibility index (Phi) is 6.95. The fourth-order valence-electron chi connectivity index (χ4n) is 4.40. The second-order valence-electron chi connectivity index (χ2n) is 8.05. The van der Waals surface area contributed by atoms with Gasteiger partial charge in [-0.1, -0.05) is 42.5 Å². The summed E-state index contributed by atoms with van der Waals surface area (Å²) >= 11 is 0. The van der Waals surface area contributed by atoms with E-state index in [1.54, 1.807) is 0 Å². The van der Waals surface area contributed by atoms with Gasteiger partial charge in [-0.15, -0.1) is 0 Å². The van der Waals surface area contributed by atoms with Gasteiger partial charge in [0.15, 0.2) is 11.5 Å². The van der Waals surface area contributed by atoms with Crippen molar-refractivity contribution < 1.29 is 19.1 Å². The van der Waals surface area contributed by atoms with Gasteiger partial charge in [-0.2, -0.15) is 0 Å². The Balaban J connectivity index is 1.43. The lowest BCUT2D eigenvalue weighted by molar-refractivity contribution is -0.144. The first-order valence-corrected chi connectivity index (χ1v) is 11.4. The van der Waals surface area contributed by atoms with E-state index in [-0.39, 0.29) is 24.5 Å². The van der Waals surface area contributed by atoms with Crippen molar-refractivity contribution in [2.45, 2.75) is 26.0 Å². The maximum absolute atomic E-state index is 13.4. The zero-order valence-corrected chi connectivity index (χ0v) is 18.8. The summed E-state index contributed by atoms with van der Waals surface area (Å²) in [5.41, 5.74) is 0.991. The van der Waals surface area contributed by atoms with Crippen LogP contribution in [0.2, 0.25) is 0 Å². The number of likely N-dealkylation sites (N-methyl/N-ethyl adjacent to an activating group) is 1. The quantitative estimate of drug-likeness (QED) is 0.695. The van der Waals surface area contributed by atoms with Crippen LogP contribution in [0.5, 0.6) is 11.5 Å². The second-order valence-corrected chi connectivity index (χ2v) is 8.05. The third-order valence-corrected chi connectivity index (χ3v) is 6.20. The molecule has 7 nitrogen and oxygen atoms in total. The van der Waals surface area contributed by atoms with E-state index in [0.717, 1.165) is 5.56 Å². The topological polar surface area (TPSA) is 62.3 Å². The molecule has 2 aliphatic rings. The van der Waals surface area contributed by atoms with Crippen LogP contribution in [0.1, 0.15) is 25.5 Å². The van der Waals surface area contributed by atoms with E-state index in [0.29, 0.717) is 50.8 Å². The Hall–Kier alpha value is -3.06. The summed E-state index contributed by atoms with van der Waals surface area (Å²) in [5.74, 6) is 1.32. The van der Waals surface area contributed by atoms with Crippen molar-refractivity contribution >= 4 is 11.8 Å². The number of nitrogens with zero attached hydrogens (tertiary/aromatic N) is 3. The third-order valence-electron chi connectivity index (χ3n) is 6.20. The van der Waals surface area contributed by atoms with Gasteiger partial charge in [0.2, 0.25) is 12.0 Å². The van der Waals surface area contributed by atoms with E-state index in [2.05, 4.69) is 4.90 Å². The molecule has 2 aromatic rings. The van der Waals surface area contributed by atoms with Crippen molar-refractivity contribution in [3.05, 3.63) is 60.2 Å². The number of hydrogen-bond donors (Lipinski definition) is 0. The van der Waals surface area contributed by atoms with Gasteiger partial charge in [0.25, 0.3) is 5.91 Å². The first kappa shape index (κ1) is 22.1. The maximum atomic E-state index is 13.4. The molecule has 0 bridgehead atoms. The fourth-order valence-corrected chi connectivity index (χ4v) is 4.40. The lowest BCUT2D eigenvalue weighted by atomic mass is 10.0. The molecule has 0 saturated carbocycles. The molecule has 32 heavy (non-hydrogen) atoms. The first-order chi connectivity index (χ1) is 15.6. The Morgan fingerprint density at radius 1 is 0.938 bits per heavy atom. The van der Waals surface area contributed by atoms with Gasteiger partial charge in [-0.3, -0.25) is 14.5 Å². The summed E-state index contributed by atoms with van der Waals surface area (Å²) < 4.78 is 11.6. The highest BCUT2D eigenvalue weighted by molar-refractivity contribution is 5.84. The van der Waals surface area contributed by atoms with Crippen molar-refractivity contribution in [1.82, 2.24) is 14.7 Å². The van der Waals surface area contributed by atoms with Crippen molar-refractivity contribution in [3.8, 4) is 11.5 Å². The molecule has 0 aromatic heterocycles. The largest absolute Gasteiger partial charge is 0.485 e. The normalized spacial score (nSPS) is 19.3. The lowest BCUT2D eigenvalue weighted by Crippen LogP contribution is -2.56. The molecule has 1 fully saturated rings. The summed E-state index contributed by atoms with van der Waals surface area (Å²) in [7, 11) is 0. The van der Waals surface area contributed by atoms with E-state index in [9.17, 15) is 9.59 Å². The average molecular weight is 438 g/mol. The Morgan fingerprint density at radius 3 is 2.22 bits per heavy atom. The number of carbonyl (C=O) groups excluding carboxylic acids is 2.